The SMILES string of the molecule is Cc1ccc(CNC/C=C/C(=O)O)cc1. The van der Waals surface area contributed by atoms with Gasteiger partial charge in [-0.25, -0.2) is 4.79 Å². The topological polar surface area (TPSA) is 49.3 Å². The first-order valence-corrected chi connectivity index (χ1v) is 4.84. The molecule has 2 N–H and O–H groups in total. The fraction of sp³-hybridized carbons (Fsp3) is 0.250. The highest BCUT2D eigenvalue weighted by Gasteiger charge is 1.90. The van der Waals surface area contributed by atoms with Crippen LogP contribution in [0.3, 0.4) is 0 Å². The van der Waals surface area contributed by atoms with Gasteiger partial charge in [0.05, 0.1) is 0 Å². The van der Waals surface area contributed by atoms with Gasteiger partial charge < -0.3 is 10.4 Å². The van der Waals surface area contributed by atoms with Crippen molar-refractivity contribution in [1.29, 1.82) is 0 Å². The monoisotopic (exact) mass is 205 g/mol. The van der Waals surface area contributed by atoms with E-state index in [1.54, 1.807) is 6.08 Å². The van der Waals surface area contributed by atoms with Gasteiger partial charge >= 0.3 is 5.97 Å². The summed E-state index contributed by atoms with van der Waals surface area (Å²) in [6.45, 7) is 3.37. The van der Waals surface area contributed by atoms with Crippen LogP contribution in [0.2, 0.25) is 0 Å². The Balaban J connectivity index is 2.26. The van der Waals surface area contributed by atoms with E-state index in [0.717, 1.165) is 12.6 Å². The molecule has 15 heavy (non-hydrogen) atoms. The van der Waals surface area contributed by atoms with Crippen LogP contribution in [0, 0.1) is 6.92 Å². The maximum absolute atomic E-state index is 10.2. The van der Waals surface area contributed by atoms with Gasteiger partial charge in [-0.2, -0.15) is 0 Å². The summed E-state index contributed by atoms with van der Waals surface area (Å²) in [7, 11) is 0. The van der Waals surface area contributed by atoms with E-state index in [9.17, 15) is 4.79 Å². The molecule has 0 amide bonds. The molecular formula is C12H15NO2. The summed E-state index contributed by atoms with van der Waals surface area (Å²) in [6, 6.07) is 8.24. The van der Waals surface area contributed by atoms with Crippen molar-refractivity contribution in [2.45, 2.75) is 13.5 Å². The average molecular weight is 205 g/mol. The van der Waals surface area contributed by atoms with Crippen LogP contribution in [0.4, 0.5) is 0 Å². The van der Waals surface area contributed by atoms with Gasteiger partial charge in [0.2, 0.25) is 0 Å². The zero-order valence-electron chi connectivity index (χ0n) is 8.73. The van der Waals surface area contributed by atoms with Crippen LogP contribution in [0.5, 0.6) is 0 Å². The van der Waals surface area contributed by atoms with Crippen LogP contribution in [-0.2, 0) is 11.3 Å². The lowest BCUT2D eigenvalue weighted by Gasteiger charge is -2.02. The highest BCUT2D eigenvalue weighted by atomic mass is 16.4. The molecular weight excluding hydrogens is 190 g/mol. The largest absolute Gasteiger partial charge is 0.478 e. The van der Waals surface area contributed by atoms with E-state index in [0.29, 0.717) is 6.54 Å². The first-order valence-electron chi connectivity index (χ1n) is 4.84. The molecule has 0 spiro atoms. The zero-order valence-corrected chi connectivity index (χ0v) is 8.73. The van der Waals surface area contributed by atoms with Gasteiger partial charge in [0, 0.05) is 19.2 Å². The molecule has 1 aromatic carbocycles. The van der Waals surface area contributed by atoms with E-state index >= 15 is 0 Å². The maximum atomic E-state index is 10.2. The van der Waals surface area contributed by atoms with E-state index in [2.05, 4.69) is 29.6 Å². The summed E-state index contributed by atoms with van der Waals surface area (Å²) in [6.07, 6.45) is 2.73. The summed E-state index contributed by atoms with van der Waals surface area (Å²) in [5.74, 6) is -0.910. The van der Waals surface area contributed by atoms with Crippen molar-refractivity contribution in [1.82, 2.24) is 5.32 Å². The molecule has 0 aliphatic rings. The van der Waals surface area contributed by atoms with Gasteiger partial charge in [0.25, 0.3) is 0 Å². The maximum Gasteiger partial charge on any atom is 0.328 e. The van der Waals surface area contributed by atoms with Gasteiger partial charge in [-0.15, -0.1) is 0 Å². The van der Waals surface area contributed by atoms with Gasteiger partial charge in [0.1, 0.15) is 0 Å². The Labute approximate surface area is 89.4 Å². The second-order valence-electron chi connectivity index (χ2n) is 3.36. The fourth-order valence-electron chi connectivity index (χ4n) is 1.17. The fourth-order valence-corrected chi connectivity index (χ4v) is 1.17. The van der Waals surface area contributed by atoms with Gasteiger partial charge in [-0.3, -0.25) is 0 Å². The lowest BCUT2D eigenvalue weighted by atomic mass is 10.1. The minimum absolute atomic E-state index is 0.570. The van der Waals surface area contributed by atoms with Crippen molar-refractivity contribution < 1.29 is 9.90 Å². The Bertz CT molecular complexity index is 341. The zero-order chi connectivity index (χ0) is 11.1. The molecule has 0 bridgehead atoms. The van der Waals surface area contributed by atoms with E-state index in [-0.39, 0.29) is 0 Å². The van der Waals surface area contributed by atoms with Crippen LogP contribution in [0.25, 0.3) is 0 Å². The summed E-state index contributed by atoms with van der Waals surface area (Å²) < 4.78 is 0. The number of aliphatic carboxylic acids is 1. The lowest BCUT2D eigenvalue weighted by molar-refractivity contribution is -0.131. The highest BCUT2D eigenvalue weighted by molar-refractivity contribution is 5.79. The van der Waals surface area contributed by atoms with E-state index in [4.69, 9.17) is 5.11 Å². The molecule has 80 valence electrons. The van der Waals surface area contributed by atoms with Gasteiger partial charge in [-0.1, -0.05) is 35.9 Å². The van der Waals surface area contributed by atoms with Crippen LogP contribution in [-0.4, -0.2) is 17.6 Å². The summed E-state index contributed by atoms with van der Waals surface area (Å²) >= 11 is 0. The van der Waals surface area contributed by atoms with Crippen molar-refractivity contribution >= 4 is 5.97 Å². The first kappa shape index (κ1) is 11.5. The molecule has 0 aliphatic carbocycles. The number of carbonyl (C=O) groups is 1. The quantitative estimate of drug-likeness (QED) is 0.568. The normalized spacial score (nSPS) is 10.7. The Morgan fingerprint density at radius 2 is 2.07 bits per heavy atom. The Kier molecular flexibility index (Phi) is 4.57. The predicted octanol–water partition coefficient (Wildman–Crippen LogP) is 1.73. The van der Waals surface area contributed by atoms with Gasteiger partial charge in [-0.05, 0) is 12.5 Å². The first-order chi connectivity index (χ1) is 7.18. The van der Waals surface area contributed by atoms with Crippen LogP contribution < -0.4 is 5.32 Å². The van der Waals surface area contributed by atoms with Crippen molar-refractivity contribution in [3.05, 3.63) is 47.5 Å². The lowest BCUT2D eigenvalue weighted by Crippen LogP contribution is -2.13. The number of carboxylic acid groups (broad SMARTS) is 1. The summed E-state index contributed by atoms with van der Waals surface area (Å²) in [5, 5.41) is 11.5. The van der Waals surface area contributed by atoms with E-state index in [1.165, 1.54) is 11.1 Å². The second kappa shape index (κ2) is 5.98. The molecule has 0 heterocycles. The molecule has 0 saturated heterocycles. The standard InChI is InChI=1S/C12H15NO2/c1-10-4-6-11(7-5-10)9-13-8-2-3-12(14)15/h2-7,13H,8-9H2,1H3,(H,14,15)/b3-2+. The highest BCUT2D eigenvalue weighted by Crippen LogP contribution is 2.01. The molecule has 0 saturated carbocycles. The molecule has 3 heteroatoms. The number of rotatable bonds is 5. The smallest absolute Gasteiger partial charge is 0.328 e. The molecule has 0 fully saturated rings. The third kappa shape index (κ3) is 4.98. The molecule has 1 aromatic rings. The van der Waals surface area contributed by atoms with Crippen molar-refractivity contribution in [3.8, 4) is 0 Å². The number of carboxylic acids is 1. The Hall–Kier alpha value is -1.61. The Morgan fingerprint density at radius 1 is 1.40 bits per heavy atom. The molecule has 0 atom stereocenters. The second-order valence-corrected chi connectivity index (χ2v) is 3.36. The predicted molar refractivity (Wildman–Crippen MR) is 59.7 cm³/mol. The van der Waals surface area contributed by atoms with Crippen molar-refractivity contribution in [2.24, 2.45) is 0 Å². The third-order valence-corrected chi connectivity index (χ3v) is 1.97. The average Bonchev–Trinajstić information content (AvgIpc) is 2.20. The van der Waals surface area contributed by atoms with Crippen LogP contribution >= 0.6 is 0 Å². The van der Waals surface area contributed by atoms with E-state index < -0.39 is 5.97 Å². The molecule has 0 radical (unpaired) electrons. The van der Waals surface area contributed by atoms with Crippen LogP contribution in [0.1, 0.15) is 11.1 Å². The molecule has 3 nitrogen and oxygen atoms in total. The molecule has 0 unspecified atom stereocenters. The number of benzene rings is 1. The van der Waals surface area contributed by atoms with Gasteiger partial charge in [0.15, 0.2) is 0 Å². The number of hydrogen-bond acceptors (Lipinski definition) is 2. The summed E-state index contributed by atoms with van der Waals surface area (Å²) in [5.41, 5.74) is 2.44. The minimum Gasteiger partial charge on any atom is -0.478 e. The number of nitrogens with one attached hydrogen (secondary N) is 1. The number of hydrogen-bond donors (Lipinski definition) is 2. The minimum atomic E-state index is -0.910. The third-order valence-electron chi connectivity index (χ3n) is 1.97. The van der Waals surface area contributed by atoms with E-state index in [1.807, 2.05) is 6.92 Å². The molecule has 0 aliphatic heterocycles. The van der Waals surface area contributed by atoms with Crippen molar-refractivity contribution in [2.75, 3.05) is 6.54 Å². The Morgan fingerprint density at radius 3 is 2.67 bits per heavy atom. The van der Waals surface area contributed by atoms with Crippen molar-refractivity contribution in [3.63, 3.8) is 0 Å². The van der Waals surface area contributed by atoms with Crippen LogP contribution in [0.15, 0.2) is 36.4 Å². The molecule has 0 aromatic heterocycles. The summed E-state index contributed by atoms with van der Waals surface area (Å²) in [4.78, 5) is 10.2. The number of aryl methyl sites for hydroxylation is 1. The molecule has 1 rings (SSSR count).